The van der Waals surface area contributed by atoms with Gasteiger partial charge in [-0.2, -0.15) is 0 Å². The van der Waals surface area contributed by atoms with Crippen LogP contribution in [0.5, 0.6) is 5.75 Å². The molecule has 2 aromatic carbocycles. The normalized spacial score (nSPS) is 10.5. The largest absolute Gasteiger partial charge is 0.484 e. The van der Waals surface area contributed by atoms with Crippen LogP contribution in [0, 0.1) is 0 Å². The molecule has 0 saturated carbocycles. The molecule has 0 heterocycles. The number of carbonyl (C=O) groups excluding carboxylic acids is 1. The Bertz CT molecular complexity index is 621. The fourth-order valence-electron chi connectivity index (χ4n) is 2.07. The van der Waals surface area contributed by atoms with Gasteiger partial charge in [-0.15, -0.1) is 0 Å². The van der Waals surface area contributed by atoms with Crippen molar-refractivity contribution < 1.29 is 9.53 Å². The predicted octanol–water partition coefficient (Wildman–Crippen LogP) is 3.29. The summed E-state index contributed by atoms with van der Waals surface area (Å²) in [7, 11) is 0. The standard InChI is InChI=1S/C18H22N2O2/c1-13(2)15-6-8-17(9-7-15)22-12-18(21)20-16-5-3-4-14(10-16)11-19/h3-10,13H,11-12,19H2,1-2H3,(H,20,21). The Hall–Kier alpha value is -2.33. The molecule has 0 bridgehead atoms. The van der Waals surface area contributed by atoms with E-state index in [0.29, 0.717) is 18.2 Å². The molecule has 0 aliphatic rings. The van der Waals surface area contributed by atoms with Gasteiger partial charge in [0.2, 0.25) is 0 Å². The number of ether oxygens (including phenoxy) is 1. The Balaban J connectivity index is 1.87. The summed E-state index contributed by atoms with van der Waals surface area (Å²) < 4.78 is 5.49. The van der Waals surface area contributed by atoms with Crippen molar-refractivity contribution in [1.82, 2.24) is 0 Å². The topological polar surface area (TPSA) is 64.3 Å². The van der Waals surface area contributed by atoms with Crippen LogP contribution in [0.1, 0.15) is 30.9 Å². The van der Waals surface area contributed by atoms with Gasteiger partial charge in [-0.05, 0) is 41.3 Å². The third kappa shape index (κ3) is 4.60. The van der Waals surface area contributed by atoms with Gasteiger partial charge in [0.15, 0.2) is 6.61 Å². The molecule has 116 valence electrons. The Morgan fingerprint density at radius 3 is 2.55 bits per heavy atom. The van der Waals surface area contributed by atoms with E-state index in [9.17, 15) is 4.79 Å². The number of nitrogens with two attached hydrogens (primary N) is 1. The monoisotopic (exact) mass is 298 g/mol. The smallest absolute Gasteiger partial charge is 0.262 e. The fraction of sp³-hybridized carbons (Fsp3) is 0.278. The lowest BCUT2D eigenvalue weighted by Crippen LogP contribution is -2.20. The summed E-state index contributed by atoms with van der Waals surface area (Å²) >= 11 is 0. The average molecular weight is 298 g/mol. The quantitative estimate of drug-likeness (QED) is 0.860. The van der Waals surface area contributed by atoms with Crippen LogP contribution in [-0.2, 0) is 11.3 Å². The van der Waals surface area contributed by atoms with Crippen LogP contribution in [0.15, 0.2) is 48.5 Å². The lowest BCUT2D eigenvalue weighted by molar-refractivity contribution is -0.118. The zero-order valence-corrected chi connectivity index (χ0v) is 13.0. The highest BCUT2D eigenvalue weighted by atomic mass is 16.5. The minimum absolute atomic E-state index is 0.0200. The predicted molar refractivity (Wildman–Crippen MR) is 89.0 cm³/mol. The van der Waals surface area contributed by atoms with E-state index in [1.807, 2.05) is 48.5 Å². The third-order valence-corrected chi connectivity index (χ3v) is 3.36. The van der Waals surface area contributed by atoms with Crippen molar-refractivity contribution >= 4 is 11.6 Å². The van der Waals surface area contributed by atoms with Gasteiger partial charge in [-0.25, -0.2) is 0 Å². The van der Waals surface area contributed by atoms with E-state index in [2.05, 4.69) is 19.2 Å². The first-order valence-electron chi connectivity index (χ1n) is 7.40. The molecule has 0 spiro atoms. The molecule has 0 atom stereocenters. The number of amides is 1. The van der Waals surface area contributed by atoms with E-state index in [1.54, 1.807) is 0 Å². The summed E-state index contributed by atoms with van der Waals surface area (Å²) in [6.07, 6.45) is 0. The van der Waals surface area contributed by atoms with Crippen LogP contribution >= 0.6 is 0 Å². The van der Waals surface area contributed by atoms with E-state index in [1.165, 1.54) is 5.56 Å². The van der Waals surface area contributed by atoms with Crippen LogP contribution in [0.3, 0.4) is 0 Å². The van der Waals surface area contributed by atoms with Gasteiger partial charge < -0.3 is 15.8 Å². The van der Waals surface area contributed by atoms with Crippen molar-refractivity contribution in [3.8, 4) is 5.75 Å². The van der Waals surface area contributed by atoms with Gasteiger partial charge in [0.05, 0.1) is 0 Å². The zero-order chi connectivity index (χ0) is 15.9. The molecule has 1 amide bonds. The molecule has 3 N–H and O–H groups in total. The Labute approximate surface area is 131 Å². The number of nitrogens with one attached hydrogen (secondary N) is 1. The van der Waals surface area contributed by atoms with Crippen molar-refractivity contribution in [3.05, 3.63) is 59.7 Å². The van der Waals surface area contributed by atoms with Gasteiger partial charge in [-0.1, -0.05) is 38.1 Å². The minimum atomic E-state index is -0.192. The van der Waals surface area contributed by atoms with Crippen LogP contribution in [0.2, 0.25) is 0 Å². The zero-order valence-electron chi connectivity index (χ0n) is 13.0. The van der Waals surface area contributed by atoms with E-state index in [-0.39, 0.29) is 12.5 Å². The highest BCUT2D eigenvalue weighted by molar-refractivity contribution is 5.91. The first-order valence-corrected chi connectivity index (χ1v) is 7.40. The summed E-state index contributed by atoms with van der Waals surface area (Å²) in [5, 5.41) is 2.80. The molecular formula is C18H22N2O2. The Kier molecular flexibility index (Phi) is 5.55. The van der Waals surface area contributed by atoms with E-state index < -0.39 is 0 Å². The maximum atomic E-state index is 11.9. The lowest BCUT2D eigenvalue weighted by atomic mass is 10.0. The SMILES string of the molecule is CC(C)c1ccc(OCC(=O)Nc2cccc(CN)c2)cc1. The number of anilines is 1. The molecular weight excluding hydrogens is 276 g/mol. The van der Waals surface area contributed by atoms with Crippen LogP contribution in [-0.4, -0.2) is 12.5 Å². The highest BCUT2D eigenvalue weighted by Crippen LogP contribution is 2.18. The van der Waals surface area contributed by atoms with Gasteiger partial charge in [0.1, 0.15) is 5.75 Å². The first-order chi connectivity index (χ1) is 10.6. The molecule has 0 saturated heterocycles. The van der Waals surface area contributed by atoms with Crippen LogP contribution < -0.4 is 15.8 Å². The first kappa shape index (κ1) is 16.0. The second kappa shape index (κ2) is 7.61. The van der Waals surface area contributed by atoms with Gasteiger partial charge in [-0.3, -0.25) is 4.79 Å². The summed E-state index contributed by atoms with van der Waals surface area (Å²) in [6.45, 7) is 4.70. The van der Waals surface area contributed by atoms with E-state index >= 15 is 0 Å². The second-order valence-electron chi connectivity index (χ2n) is 5.47. The molecule has 22 heavy (non-hydrogen) atoms. The number of hydrogen-bond acceptors (Lipinski definition) is 3. The highest BCUT2D eigenvalue weighted by Gasteiger charge is 2.05. The van der Waals surface area contributed by atoms with Gasteiger partial charge in [0, 0.05) is 12.2 Å². The number of carbonyl (C=O) groups is 1. The summed E-state index contributed by atoms with van der Waals surface area (Å²) in [5.41, 5.74) is 8.53. The number of benzene rings is 2. The fourth-order valence-corrected chi connectivity index (χ4v) is 2.07. The number of rotatable bonds is 6. The molecule has 0 aromatic heterocycles. The third-order valence-electron chi connectivity index (χ3n) is 3.36. The van der Waals surface area contributed by atoms with Crippen molar-refractivity contribution in [2.45, 2.75) is 26.3 Å². The maximum Gasteiger partial charge on any atom is 0.262 e. The Morgan fingerprint density at radius 2 is 1.91 bits per heavy atom. The second-order valence-corrected chi connectivity index (χ2v) is 5.47. The molecule has 0 fully saturated rings. The summed E-state index contributed by atoms with van der Waals surface area (Å²) in [6, 6.07) is 15.3. The number of hydrogen-bond donors (Lipinski definition) is 2. The summed E-state index contributed by atoms with van der Waals surface area (Å²) in [4.78, 5) is 11.9. The average Bonchev–Trinajstić information content (AvgIpc) is 2.53. The van der Waals surface area contributed by atoms with Gasteiger partial charge >= 0.3 is 0 Å². The molecule has 2 aromatic rings. The maximum absolute atomic E-state index is 11.9. The molecule has 0 radical (unpaired) electrons. The lowest BCUT2D eigenvalue weighted by Gasteiger charge is -2.10. The van der Waals surface area contributed by atoms with Crippen molar-refractivity contribution in [1.29, 1.82) is 0 Å². The molecule has 4 nitrogen and oxygen atoms in total. The molecule has 0 unspecified atom stereocenters. The van der Waals surface area contributed by atoms with Crippen LogP contribution in [0.4, 0.5) is 5.69 Å². The van der Waals surface area contributed by atoms with E-state index in [4.69, 9.17) is 10.5 Å². The molecule has 2 rings (SSSR count). The molecule has 0 aliphatic heterocycles. The van der Waals surface area contributed by atoms with Crippen molar-refractivity contribution in [2.24, 2.45) is 5.73 Å². The van der Waals surface area contributed by atoms with Crippen molar-refractivity contribution in [2.75, 3.05) is 11.9 Å². The minimum Gasteiger partial charge on any atom is -0.484 e. The van der Waals surface area contributed by atoms with Crippen molar-refractivity contribution in [3.63, 3.8) is 0 Å². The molecule has 0 aliphatic carbocycles. The van der Waals surface area contributed by atoms with Gasteiger partial charge in [0.25, 0.3) is 5.91 Å². The molecule has 4 heteroatoms. The van der Waals surface area contributed by atoms with Crippen LogP contribution in [0.25, 0.3) is 0 Å². The summed E-state index contributed by atoms with van der Waals surface area (Å²) in [5.74, 6) is 0.976. The Morgan fingerprint density at radius 1 is 1.18 bits per heavy atom. The van der Waals surface area contributed by atoms with E-state index in [0.717, 1.165) is 11.3 Å².